The number of amides is 2. The van der Waals surface area contributed by atoms with E-state index < -0.39 is 0 Å². The Kier molecular flexibility index (Phi) is 4.38. The summed E-state index contributed by atoms with van der Waals surface area (Å²) in [5.74, 6) is 0.456. The number of benzene rings is 1. The number of para-hydroxylation sites is 1. The molecule has 0 spiro atoms. The van der Waals surface area contributed by atoms with Gasteiger partial charge in [-0.15, -0.1) is 0 Å². The molecule has 1 aromatic carbocycles. The third kappa shape index (κ3) is 3.04. The molecule has 1 N–H and O–H groups in total. The largest absolute Gasteiger partial charge is 0.324 e. The minimum absolute atomic E-state index is 0.00144. The van der Waals surface area contributed by atoms with E-state index in [9.17, 15) is 9.59 Å². The van der Waals surface area contributed by atoms with Gasteiger partial charge in [-0.2, -0.15) is 5.10 Å². The van der Waals surface area contributed by atoms with Crippen molar-refractivity contribution < 1.29 is 9.59 Å². The fourth-order valence-electron chi connectivity index (χ4n) is 3.07. The number of nitrogens with one attached hydrogen (secondary N) is 1. The third-order valence-corrected chi connectivity index (χ3v) is 4.30. The van der Waals surface area contributed by atoms with Crippen LogP contribution < -0.4 is 10.2 Å². The van der Waals surface area contributed by atoms with Crippen LogP contribution >= 0.6 is 0 Å². The lowest BCUT2D eigenvalue weighted by Crippen LogP contribution is -2.42. The Morgan fingerprint density at radius 3 is 2.88 bits per heavy atom. The predicted octanol–water partition coefficient (Wildman–Crippen LogP) is 2.44. The highest BCUT2D eigenvalue weighted by Crippen LogP contribution is 2.24. The number of rotatable bonds is 4. The van der Waals surface area contributed by atoms with E-state index >= 15 is 0 Å². The highest BCUT2D eigenvalue weighted by molar-refractivity contribution is 6.03. The van der Waals surface area contributed by atoms with Gasteiger partial charge < -0.3 is 5.32 Å². The average Bonchev–Trinajstić information content (AvgIpc) is 2.93. The van der Waals surface area contributed by atoms with Crippen LogP contribution in [0.4, 0.5) is 11.5 Å². The van der Waals surface area contributed by atoms with E-state index in [-0.39, 0.29) is 18.4 Å². The number of hydrogen-bond acceptors (Lipinski definition) is 3. The molecule has 0 fully saturated rings. The third-order valence-electron chi connectivity index (χ3n) is 4.30. The van der Waals surface area contributed by atoms with Gasteiger partial charge in [0.1, 0.15) is 12.4 Å². The molecule has 2 amide bonds. The first kappa shape index (κ1) is 16.2. The molecule has 6 heteroatoms. The molecule has 0 radical (unpaired) electrons. The van der Waals surface area contributed by atoms with Gasteiger partial charge in [-0.05, 0) is 31.4 Å². The smallest absolute Gasteiger partial charge is 0.244 e. The second-order valence-corrected chi connectivity index (χ2v) is 6.11. The molecule has 1 aliphatic heterocycles. The topological polar surface area (TPSA) is 67.2 Å². The van der Waals surface area contributed by atoms with Gasteiger partial charge in [0.05, 0.1) is 12.2 Å². The first-order valence-corrected chi connectivity index (χ1v) is 8.22. The van der Waals surface area contributed by atoms with Crippen molar-refractivity contribution in [2.75, 3.05) is 16.8 Å². The summed E-state index contributed by atoms with van der Waals surface area (Å²) < 4.78 is 1.79. The molecule has 0 atom stereocenters. The molecule has 3 rings (SSSR count). The summed E-state index contributed by atoms with van der Waals surface area (Å²) in [5, 5.41) is 7.33. The Hall–Kier alpha value is -2.63. The molecular weight excluding hydrogens is 304 g/mol. The monoisotopic (exact) mass is 326 g/mol. The van der Waals surface area contributed by atoms with Gasteiger partial charge in [0.2, 0.25) is 11.8 Å². The number of anilines is 2. The van der Waals surface area contributed by atoms with Crippen LogP contribution in [0, 0.1) is 13.8 Å². The number of aromatic nitrogens is 2. The number of hydrogen-bond donors (Lipinski definition) is 1. The van der Waals surface area contributed by atoms with Crippen LogP contribution in [-0.4, -0.2) is 28.1 Å². The molecule has 2 heterocycles. The van der Waals surface area contributed by atoms with Crippen molar-refractivity contribution in [1.82, 2.24) is 9.78 Å². The van der Waals surface area contributed by atoms with Gasteiger partial charge in [0, 0.05) is 18.2 Å². The maximum atomic E-state index is 12.5. The number of nitrogens with zero attached hydrogens (tertiary/aromatic N) is 3. The van der Waals surface area contributed by atoms with E-state index in [4.69, 9.17) is 0 Å². The second-order valence-electron chi connectivity index (χ2n) is 6.11. The van der Waals surface area contributed by atoms with Crippen LogP contribution in [0.2, 0.25) is 0 Å². The first-order valence-electron chi connectivity index (χ1n) is 8.22. The van der Waals surface area contributed by atoms with Crippen LogP contribution in [0.1, 0.15) is 30.2 Å². The average molecular weight is 326 g/mol. The lowest BCUT2D eigenvalue weighted by Gasteiger charge is -2.27. The van der Waals surface area contributed by atoms with Crippen LogP contribution in [0.5, 0.6) is 0 Å². The Morgan fingerprint density at radius 1 is 1.33 bits per heavy atom. The van der Waals surface area contributed by atoms with Gasteiger partial charge in [0.25, 0.3) is 0 Å². The quantitative estimate of drug-likeness (QED) is 0.938. The Bertz CT molecular complexity index is 794. The molecule has 1 aliphatic rings. The minimum Gasteiger partial charge on any atom is -0.324 e. The van der Waals surface area contributed by atoms with E-state index in [0.29, 0.717) is 18.8 Å². The predicted molar refractivity (Wildman–Crippen MR) is 93.1 cm³/mol. The molecule has 0 saturated carbocycles. The first-order chi connectivity index (χ1) is 11.5. The Labute approximate surface area is 141 Å². The molecule has 1 aromatic heterocycles. The van der Waals surface area contributed by atoms with Gasteiger partial charge in [-0.25, -0.2) is 4.68 Å². The molecule has 6 nitrogen and oxygen atoms in total. The Balaban J connectivity index is 1.79. The highest BCUT2D eigenvalue weighted by Gasteiger charge is 2.27. The van der Waals surface area contributed by atoms with Crippen LogP contribution in [-0.2, 0) is 22.6 Å². The zero-order valence-corrected chi connectivity index (χ0v) is 14.3. The molecule has 0 bridgehead atoms. The normalized spacial score (nSPS) is 13.8. The van der Waals surface area contributed by atoms with E-state index in [1.54, 1.807) is 4.68 Å². The summed E-state index contributed by atoms with van der Waals surface area (Å²) in [6.45, 7) is 6.48. The standard InChI is InChI=1S/C18H22N4O2/c1-4-14-7-5-6-12(2)18(14)19-15(23)11-21-16-10-13(3)20-22(16)9-8-17(21)24/h5-7,10H,4,8-9,11H2,1-3H3,(H,19,23). The van der Waals surface area contributed by atoms with Crippen molar-refractivity contribution in [3.05, 3.63) is 41.1 Å². The van der Waals surface area contributed by atoms with Crippen LogP contribution in [0.15, 0.2) is 24.3 Å². The van der Waals surface area contributed by atoms with E-state index in [1.165, 1.54) is 4.90 Å². The SMILES string of the molecule is CCc1cccc(C)c1NC(=O)CN1C(=O)CCn2nc(C)cc21. The second kappa shape index (κ2) is 6.47. The molecule has 0 unspecified atom stereocenters. The van der Waals surface area contributed by atoms with E-state index in [0.717, 1.165) is 28.9 Å². The Morgan fingerprint density at radius 2 is 2.12 bits per heavy atom. The highest BCUT2D eigenvalue weighted by atomic mass is 16.2. The van der Waals surface area contributed by atoms with Crippen molar-refractivity contribution in [2.45, 2.75) is 40.2 Å². The van der Waals surface area contributed by atoms with Gasteiger partial charge in [-0.3, -0.25) is 14.5 Å². The van der Waals surface area contributed by atoms with Gasteiger partial charge >= 0.3 is 0 Å². The van der Waals surface area contributed by atoms with Crippen molar-refractivity contribution in [2.24, 2.45) is 0 Å². The van der Waals surface area contributed by atoms with Crippen molar-refractivity contribution in [3.8, 4) is 0 Å². The molecule has 0 saturated heterocycles. The summed E-state index contributed by atoms with van der Waals surface area (Å²) >= 11 is 0. The zero-order valence-electron chi connectivity index (χ0n) is 14.3. The fraction of sp³-hybridized carbons (Fsp3) is 0.389. The zero-order chi connectivity index (χ0) is 17.3. The van der Waals surface area contributed by atoms with Gasteiger partial charge in [-0.1, -0.05) is 25.1 Å². The summed E-state index contributed by atoms with van der Waals surface area (Å²) in [6.07, 6.45) is 1.21. The molecule has 24 heavy (non-hydrogen) atoms. The van der Waals surface area contributed by atoms with E-state index in [1.807, 2.05) is 38.1 Å². The number of aryl methyl sites for hydroxylation is 4. The molecule has 2 aromatic rings. The summed E-state index contributed by atoms with van der Waals surface area (Å²) in [7, 11) is 0. The number of carbonyl (C=O) groups is 2. The van der Waals surface area contributed by atoms with Crippen molar-refractivity contribution >= 4 is 23.3 Å². The van der Waals surface area contributed by atoms with Crippen LogP contribution in [0.25, 0.3) is 0 Å². The molecule has 0 aliphatic carbocycles. The lowest BCUT2D eigenvalue weighted by atomic mass is 10.1. The van der Waals surface area contributed by atoms with Gasteiger partial charge in [0.15, 0.2) is 0 Å². The summed E-state index contributed by atoms with van der Waals surface area (Å²) in [6, 6.07) is 7.81. The summed E-state index contributed by atoms with van der Waals surface area (Å²) in [5.41, 5.74) is 3.80. The number of fused-ring (bicyclic) bond motifs is 1. The number of carbonyl (C=O) groups excluding carboxylic acids is 2. The lowest BCUT2D eigenvalue weighted by molar-refractivity contribution is -0.122. The maximum absolute atomic E-state index is 12.5. The summed E-state index contributed by atoms with van der Waals surface area (Å²) in [4.78, 5) is 26.3. The van der Waals surface area contributed by atoms with E-state index in [2.05, 4.69) is 17.3 Å². The maximum Gasteiger partial charge on any atom is 0.244 e. The van der Waals surface area contributed by atoms with Crippen LogP contribution in [0.3, 0.4) is 0 Å². The fourth-order valence-corrected chi connectivity index (χ4v) is 3.07. The van der Waals surface area contributed by atoms with Crippen molar-refractivity contribution in [1.29, 1.82) is 0 Å². The van der Waals surface area contributed by atoms with Crippen molar-refractivity contribution in [3.63, 3.8) is 0 Å². The molecular formula is C18H22N4O2. The molecule has 126 valence electrons. The minimum atomic E-state index is -0.195.